The van der Waals surface area contributed by atoms with Crippen LogP contribution in [-0.2, 0) is 0 Å². The molecule has 0 aromatic rings. The molecule has 0 spiro atoms. The fourth-order valence-electron chi connectivity index (χ4n) is 0.625. The highest BCUT2D eigenvalue weighted by Gasteiger charge is 2.05. The average molecular weight is 112 g/mol. The molecule has 0 aliphatic heterocycles. The van der Waals surface area contributed by atoms with Crippen LogP contribution in [0.2, 0.25) is 0 Å². The predicted octanol–water partition coefficient (Wildman–Crippen LogP) is 3.14. The maximum absolute atomic E-state index is 2.21. The van der Waals surface area contributed by atoms with Crippen LogP contribution >= 0.6 is 0 Å². The minimum Gasteiger partial charge on any atom is -0.0741 e. The van der Waals surface area contributed by atoms with Crippen LogP contribution in [-0.4, -0.2) is 0 Å². The van der Waals surface area contributed by atoms with E-state index in [4.69, 9.17) is 0 Å². The largest absolute Gasteiger partial charge is 0.0741 e. The van der Waals surface area contributed by atoms with Crippen LogP contribution in [0.1, 0.15) is 40.5 Å². The summed E-state index contributed by atoms with van der Waals surface area (Å²) in [4.78, 5) is 0. The lowest BCUT2D eigenvalue weighted by atomic mass is 9.92. The summed E-state index contributed by atoms with van der Waals surface area (Å²) < 4.78 is 0. The Kier molecular flexibility index (Phi) is 3.59. The van der Waals surface area contributed by atoms with E-state index in [1.54, 1.807) is 11.1 Å². The van der Waals surface area contributed by atoms with E-state index < -0.39 is 0 Å². The molecule has 0 saturated heterocycles. The van der Waals surface area contributed by atoms with Gasteiger partial charge in [-0.1, -0.05) is 25.0 Å². The molecule has 0 unspecified atom stereocenters. The molecule has 0 radical (unpaired) electrons. The Morgan fingerprint density at radius 2 is 1.12 bits per heavy atom. The van der Waals surface area contributed by atoms with Crippen LogP contribution in [0.5, 0.6) is 0 Å². The molecular formula is C8H16. The molecule has 0 heterocycles. The van der Waals surface area contributed by atoms with E-state index in [9.17, 15) is 0 Å². The Labute approximate surface area is 52.6 Å². The first kappa shape index (κ1) is 7.74. The number of rotatable bonds is 0. The number of hydrogen-bond acceptors (Lipinski definition) is 0. The molecule has 0 amide bonds. The molecule has 48 valence electrons. The summed E-state index contributed by atoms with van der Waals surface area (Å²) in [6.07, 6.45) is 2.71. The van der Waals surface area contributed by atoms with Crippen molar-refractivity contribution in [1.82, 2.24) is 0 Å². The zero-order valence-corrected chi connectivity index (χ0v) is 6.41. The first-order chi connectivity index (χ1) is 3.80. The van der Waals surface area contributed by atoms with Crippen molar-refractivity contribution in [1.29, 1.82) is 0 Å². The maximum atomic E-state index is 2.21. The zero-order valence-electron chi connectivity index (χ0n) is 6.41. The minimum atomic E-state index is 1.35. The van der Waals surface area contributed by atoms with Crippen molar-refractivity contribution in [2.24, 2.45) is 0 Å². The molecule has 0 nitrogen and oxygen atoms in total. The van der Waals surface area contributed by atoms with Crippen molar-refractivity contribution >= 4 is 0 Å². The molecule has 1 rings (SSSR count). The summed E-state index contributed by atoms with van der Waals surface area (Å²) in [5.74, 6) is 0. The van der Waals surface area contributed by atoms with E-state index in [1.165, 1.54) is 12.8 Å². The number of hydrogen-bond donors (Lipinski definition) is 0. The van der Waals surface area contributed by atoms with Gasteiger partial charge in [-0.15, -0.1) is 0 Å². The zero-order chi connectivity index (χ0) is 6.57. The van der Waals surface area contributed by atoms with Gasteiger partial charge in [0.05, 0.1) is 0 Å². The van der Waals surface area contributed by atoms with Crippen molar-refractivity contribution in [3.8, 4) is 0 Å². The van der Waals surface area contributed by atoms with Crippen molar-refractivity contribution in [3.63, 3.8) is 0 Å². The van der Waals surface area contributed by atoms with Gasteiger partial charge in [0.1, 0.15) is 0 Å². The predicted molar refractivity (Wildman–Crippen MR) is 39.0 cm³/mol. The van der Waals surface area contributed by atoms with Crippen LogP contribution in [0.4, 0.5) is 0 Å². The van der Waals surface area contributed by atoms with Gasteiger partial charge in [-0.3, -0.25) is 0 Å². The maximum Gasteiger partial charge on any atom is -0.0283 e. The average Bonchev–Trinajstić information content (AvgIpc) is 1.88. The van der Waals surface area contributed by atoms with Gasteiger partial charge in [0.2, 0.25) is 0 Å². The van der Waals surface area contributed by atoms with Crippen LogP contribution in [0, 0.1) is 0 Å². The highest BCUT2D eigenvalue weighted by Crippen LogP contribution is 2.25. The molecule has 0 heteroatoms. The molecule has 0 aromatic heterocycles. The molecule has 0 fully saturated rings. The molecule has 1 aliphatic carbocycles. The summed E-state index contributed by atoms with van der Waals surface area (Å²) in [6.45, 7) is 8.41. The van der Waals surface area contributed by atoms with Crippen molar-refractivity contribution < 1.29 is 0 Å². The second-order valence-electron chi connectivity index (χ2n) is 2.06. The lowest BCUT2D eigenvalue weighted by molar-refractivity contribution is 0.800. The SMILES string of the molecule is CC.CC1=C(C)CC1. The summed E-state index contributed by atoms with van der Waals surface area (Å²) >= 11 is 0. The second-order valence-corrected chi connectivity index (χ2v) is 2.06. The monoisotopic (exact) mass is 112 g/mol. The molecule has 0 saturated carbocycles. The van der Waals surface area contributed by atoms with Gasteiger partial charge in [-0.2, -0.15) is 0 Å². The van der Waals surface area contributed by atoms with E-state index in [0.717, 1.165) is 0 Å². The minimum absolute atomic E-state index is 1.35. The van der Waals surface area contributed by atoms with Crippen LogP contribution < -0.4 is 0 Å². The third kappa shape index (κ3) is 1.69. The van der Waals surface area contributed by atoms with E-state index in [0.29, 0.717) is 0 Å². The van der Waals surface area contributed by atoms with Gasteiger partial charge in [0.25, 0.3) is 0 Å². The van der Waals surface area contributed by atoms with Gasteiger partial charge in [0.15, 0.2) is 0 Å². The molecule has 0 N–H and O–H groups in total. The Morgan fingerprint density at radius 1 is 0.875 bits per heavy atom. The first-order valence-corrected chi connectivity index (χ1v) is 3.46. The van der Waals surface area contributed by atoms with Gasteiger partial charge in [-0.25, -0.2) is 0 Å². The topological polar surface area (TPSA) is 0 Å². The van der Waals surface area contributed by atoms with Crippen LogP contribution in [0.15, 0.2) is 11.1 Å². The third-order valence-electron chi connectivity index (χ3n) is 1.60. The highest BCUT2D eigenvalue weighted by atomic mass is 14.1. The van der Waals surface area contributed by atoms with Crippen LogP contribution in [0.3, 0.4) is 0 Å². The van der Waals surface area contributed by atoms with Crippen LogP contribution in [0.25, 0.3) is 0 Å². The summed E-state index contributed by atoms with van der Waals surface area (Å²) in [6, 6.07) is 0. The van der Waals surface area contributed by atoms with E-state index in [-0.39, 0.29) is 0 Å². The van der Waals surface area contributed by atoms with E-state index >= 15 is 0 Å². The van der Waals surface area contributed by atoms with Crippen molar-refractivity contribution in [2.75, 3.05) is 0 Å². The highest BCUT2D eigenvalue weighted by molar-refractivity contribution is 5.19. The Bertz CT molecular complexity index is 76.2. The molecule has 0 bridgehead atoms. The third-order valence-corrected chi connectivity index (χ3v) is 1.60. The standard InChI is InChI=1S/C6H10.C2H6/c1-5-3-4-6(5)2;1-2/h3-4H2,1-2H3;1-2H3. The van der Waals surface area contributed by atoms with Gasteiger partial charge < -0.3 is 0 Å². The summed E-state index contributed by atoms with van der Waals surface area (Å²) in [5, 5.41) is 0. The molecule has 0 aromatic carbocycles. The van der Waals surface area contributed by atoms with Crippen molar-refractivity contribution in [3.05, 3.63) is 11.1 Å². The molecule has 0 atom stereocenters. The molecule has 1 aliphatic rings. The Hall–Kier alpha value is -0.260. The second kappa shape index (κ2) is 3.71. The molecule has 8 heavy (non-hydrogen) atoms. The van der Waals surface area contributed by atoms with Crippen molar-refractivity contribution in [2.45, 2.75) is 40.5 Å². The number of allylic oxidation sites excluding steroid dienone is 2. The molecular weight excluding hydrogens is 96.1 g/mol. The lowest BCUT2D eigenvalue weighted by Crippen LogP contribution is -1.95. The fourth-order valence-corrected chi connectivity index (χ4v) is 0.625. The lowest BCUT2D eigenvalue weighted by Gasteiger charge is -2.15. The van der Waals surface area contributed by atoms with Gasteiger partial charge >= 0.3 is 0 Å². The van der Waals surface area contributed by atoms with E-state index in [2.05, 4.69) is 13.8 Å². The smallest absolute Gasteiger partial charge is 0.0283 e. The van der Waals surface area contributed by atoms with Gasteiger partial charge in [-0.05, 0) is 26.7 Å². The fraction of sp³-hybridized carbons (Fsp3) is 0.750. The summed E-state index contributed by atoms with van der Waals surface area (Å²) in [5.41, 5.74) is 3.21. The normalized spacial score (nSPS) is 16.5. The first-order valence-electron chi connectivity index (χ1n) is 3.46. The Morgan fingerprint density at radius 3 is 1.12 bits per heavy atom. The summed E-state index contributed by atoms with van der Waals surface area (Å²) in [7, 11) is 0. The Balaban J connectivity index is 0.000000222. The quantitative estimate of drug-likeness (QED) is 0.422. The van der Waals surface area contributed by atoms with Gasteiger partial charge in [0, 0.05) is 0 Å². The van der Waals surface area contributed by atoms with E-state index in [1.807, 2.05) is 13.8 Å².